The number of aromatic nitrogens is 1. The number of sulfonamides is 1. The smallest absolute Gasteiger partial charge is 0.261 e. The molecule has 174 valence electrons. The molecular formula is C24H27N3O5S. The lowest BCUT2D eigenvalue weighted by atomic mass is 10.1. The second-order valence-corrected chi connectivity index (χ2v) is 8.75. The van der Waals surface area contributed by atoms with Crippen molar-refractivity contribution in [2.24, 2.45) is 0 Å². The lowest BCUT2D eigenvalue weighted by Crippen LogP contribution is -2.14. The van der Waals surface area contributed by atoms with Crippen molar-refractivity contribution in [2.75, 3.05) is 23.3 Å². The molecule has 33 heavy (non-hydrogen) atoms. The zero-order valence-electron chi connectivity index (χ0n) is 18.6. The Morgan fingerprint density at radius 2 is 1.67 bits per heavy atom. The van der Waals surface area contributed by atoms with Crippen LogP contribution in [0.4, 0.5) is 11.4 Å². The number of anilines is 2. The highest BCUT2D eigenvalue weighted by Gasteiger charge is 2.14. The van der Waals surface area contributed by atoms with Gasteiger partial charge in [-0.1, -0.05) is 6.07 Å². The number of aryl methyl sites for hydroxylation is 1. The summed E-state index contributed by atoms with van der Waals surface area (Å²) in [6, 6.07) is 14.9. The van der Waals surface area contributed by atoms with Crippen LogP contribution in [0, 0.1) is 0 Å². The van der Waals surface area contributed by atoms with Crippen LogP contribution in [0.2, 0.25) is 0 Å². The summed E-state index contributed by atoms with van der Waals surface area (Å²) in [7, 11) is -3.75. The summed E-state index contributed by atoms with van der Waals surface area (Å²) in [6.07, 6.45) is 3.78. The number of rotatable bonds is 11. The van der Waals surface area contributed by atoms with E-state index in [0.717, 1.165) is 5.56 Å². The molecule has 0 bridgehead atoms. The predicted molar refractivity (Wildman–Crippen MR) is 127 cm³/mol. The lowest BCUT2D eigenvalue weighted by Gasteiger charge is -2.12. The molecular weight excluding hydrogens is 442 g/mol. The van der Waals surface area contributed by atoms with Crippen molar-refractivity contribution in [1.82, 2.24) is 4.98 Å². The maximum atomic E-state index is 12.5. The van der Waals surface area contributed by atoms with Crippen molar-refractivity contribution in [2.45, 2.75) is 31.6 Å². The van der Waals surface area contributed by atoms with Gasteiger partial charge < -0.3 is 14.8 Å². The molecule has 0 saturated carbocycles. The van der Waals surface area contributed by atoms with Crippen molar-refractivity contribution < 1.29 is 22.7 Å². The van der Waals surface area contributed by atoms with E-state index in [2.05, 4.69) is 15.0 Å². The number of hydrogen-bond acceptors (Lipinski definition) is 6. The van der Waals surface area contributed by atoms with E-state index in [-0.39, 0.29) is 17.2 Å². The average Bonchev–Trinajstić information content (AvgIpc) is 2.80. The van der Waals surface area contributed by atoms with Crippen LogP contribution < -0.4 is 19.5 Å². The zero-order valence-corrected chi connectivity index (χ0v) is 19.4. The Bertz CT molecular complexity index is 1170. The van der Waals surface area contributed by atoms with Crippen molar-refractivity contribution >= 4 is 27.3 Å². The maximum Gasteiger partial charge on any atom is 0.261 e. The summed E-state index contributed by atoms with van der Waals surface area (Å²) in [6.45, 7) is 4.88. The number of hydrogen-bond donors (Lipinski definition) is 2. The third-order valence-electron chi connectivity index (χ3n) is 4.61. The first-order valence-corrected chi connectivity index (χ1v) is 12.1. The normalized spacial score (nSPS) is 11.0. The molecule has 0 atom stereocenters. The molecule has 0 radical (unpaired) electrons. The minimum Gasteiger partial charge on any atom is -0.490 e. The Morgan fingerprint density at radius 3 is 2.33 bits per heavy atom. The van der Waals surface area contributed by atoms with Gasteiger partial charge in [-0.25, -0.2) is 8.42 Å². The van der Waals surface area contributed by atoms with Gasteiger partial charge in [-0.05, 0) is 74.4 Å². The molecule has 0 unspecified atom stereocenters. The first-order chi connectivity index (χ1) is 15.9. The van der Waals surface area contributed by atoms with E-state index in [1.807, 2.05) is 32.0 Å². The quantitative estimate of drug-likeness (QED) is 0.435. The van der Waals surface area contributed by atoms with Crippen molar-refractivity contribution in [1.29, 1.82) is 0 Å². The SMILES string of the molecule is CCOc1ccc(CCC(=O)Nc2ccc(S(=O)(=O)Nc3cccnc3)cc2)cc1OCC. The number of nitrogens with zero attached hydrogens (tertiary/aromatic N) is 1. The van der Waals surface area contributed by atoms with Gasteiger partial charge in [-0.3, -0.25) is 14.5 Å². The summed E-state index contributed by atoms with van der Waals surface area (Å²) in [5.74, 6) is 1.17. The van der Waals surface area contributed by atoms with Gasteiger partial charge in [0.2, 0.25) is 5.91 Å². The van der Waals surface area contributed by atoms with Crippen molar-refractivity contribution in [3.05, 3.63) is 72.6 Å². The molecule has 2 N–H and O–H groups in total. The molecule has 0 spiro atoms. The summed E-state index contributed by atoms with van der Waals surface area (Å²) >= 11 is 0. The van der Waals surface area contributed by atoms with Gasteiger partial charge in [0, 0.05) is 18.3 Å². The number of ether oxygens (including phenoxy) is 2. The van der Waals surface area contributed by atoms with Gasteiger partial charge in [0.15, 0.2) is 11.5 Å². The fourth-order valence-corrected chi connectivity index (χ4v) is 4.13. The minimum absolute atomic E-state index is 0.0854. The monoisotopic (exact) mass is 469 g/mol. The first-order valence-electron chi connectivity index (χ1n) is 10.6. The van der Waals surface area contributed by atoms with Crippen LogP contribution in [-0.2, 0) is 21.2 Å². The highest BCUT2D eigenvalue weighted by Crippen LogP contribution is 2.29. The van der Waals surface area contributed by atoms with E-state index in [4.69, 9.17) is 9.47 Å². The van der Waals surface area contributed by atoms with Crippen molar-refractivity contribution in [3.8, 4) is 11.5 Å². The predicted octanol–water partition coefficient (Wildman–Crippen LogP) is 4.25. The lowest BCUT2D eigenvalue weighted by molar-refractivity contribution is -0.116. The fourth-order valence-electron chi connectivity index (χ4n) is 3.09. The summed E-state index contributed by atoms with van der Waals surface area (Å²) in [5, 5.41) is 2.79. The molecule has 0 saturated heterocycles. The van der Waals surface area contributed by atoms with Crippen LogP contribution in [0.5, 0.6) is 11.5 Å². The largest absolute Gasteiger partial charge is 0.490 e. The molecule has 0 aliphatic heterocycles. The Kier molecular flexibility index (Phi) is 8.26. The highest BCUT2D eigenvalue weighted by molar-refractivity contribution is 7.92. The maximum absolute atomic E-state index is 12.5. The number of nitrogens with one attached hydrogen (secondary N) is 2. The molecule has 0 aliphatic rings. The Labute approximate surface area is 194 Å². The molecule has 0 fully saturated rings. The van der Waals surface area contributed by atoms with Crippen LogP contribution in [0.15, 0.2) is 71.9 Å². The van der Waals surface area contributed by atoms with Crippen LogP contribution in [0.3, 0.4) is 0 Å². The van der Waals surface area contributed by atoms with E-state index in [1.54, 1.807) is 30.5 Å². The van der Waals surface area contributed by atoms with Gasteiger partial charge in [-0.2, -0.15) is 0 Å². The number of carbonyl (C=O) groups is 1. The fraction of sp³-hybridized carbons (Fsp3) is 0.250. The van der Waals surface area contributed by atoms with Crippen LogP contribution >= 0.6 is 0 Å². The second-order valence-electron chi connectivity index (χ2n) is 7.07. The van der Waals surface area contributed by atoms with Crippen LogP contribution in [0.25, 0.3) is 0 Å². The average molecular weight is 470 g/mol. The van der Waals surface area contributed by atoms with Gasteiger partial charge in [0.1, 0.15) is 0 Å². The summed E-state index contributed by atoms with van der Waals surface area (Å²) in [5.41, 5.74) is 1.85. The van der Waals surface area contributed by atoms with Gasteiger partial charge in [-0.15, -0.1) is 0 Å². The van der Waals surface area contributed by atoms with E-state index in [1.165, 1.54) is 18.3 Å². The third kappa shape index (κ3) is 6.95. The van der Waals surface area contributed by atoms with Gasteiger partial charge in [0.05, 0.1) is 30.0 Å². The van der Waals surface area contributed by atoms with Crippen molar-refractivity contribution in [3.63, 3.8) is 0 Å². The summed E-state index contributed by atoms with van der Waals surface area (Å²) in [4.78, 5) is 16.4. The number of amides is 1. The number of pyridine rings is 1. The van der Waals surface area contributed by atoms with E-state index >= 15 is 0 Å². The Hall–Kier alpha value is -3.59. The van der Waals surface area contributed by atoms with Gasteiger partial charge >= 0.3 is 0 Å². The third-order valence-corrected chi connectivity index (χ3v) is 6.01. The Morgan fingerprint density at radius 1 is 0.939 bits per heavy atom. The molecule has 8 nitrogen and oxygen atoms in total. The Balaban J connectivity index is 1.57. The second kappa shape index (κ2) is 11.3. The molecule has 1 heterocycles. The highest BCUT2D eigenvalue weighted by atomic mass is 32.2. The van der Waals surface area contributed by atoms with Gasteiger partial charge in [0.25, 0.3) is 10.0 Å². The number of carbonyl (C=O) groups excluding carboxylic acids is 1. The molecule has 1 aromatic heterocycles. The molecule has 9 heteroatoms. The van der Waals surface area contributed by atoms with Crippen LogP contribution in [-0.4, -0.2) is 32.5 Å². The van der Waals surface area contributed by atoms with E-state index in [9.17, 15) is 13.2 Å². The molecule has 2 aromatic carbocycles. The molecule has 3 rings (SSSR count). The van der Waals surface area contributed by atoms with E-state index < -0.39 is 10.0 Å². The molecule has 0 aliphatic carbocycles. The standard InChI is InChI=1S/C24H27N3O5S/c1-3-31-22-13-7-18(16-23(22)32-4-2)8-14-24(28)26-19-9-11-21(12-10-19)33(29,30)27-20-6-5-15-25-17-20/h5-7,9-13,15-17,27H,3-4,8,14H2,1-2H3,(H,26,28). The number of benzene rings is 2. The topological polar surface area (TPSA) is 107 Å². The first kappa shape index (κ1) is 24.1. The zero-order chi connectivity index (χ0) is 23.7. The minimum atomic E-state index is -3.75. The van der Waals surface area contributed by atoms with E-state index in [0.29, 0.717) is 42.5 Å². The molecule has 3 aromatic rings. The summed E-state index contributed by atoms with van der Waals surface area (Å²) < 4.78 is 38.6. The van der Waals surface area contributed by atoms with Crippen LogP contribution in [0.1, 0.15) is 25.8 Å². The molecule has 1 amide bonds.